The number of likely N-dealkylation sites (N-methyl/N-ethyl adjacent to an activating group) is 4. The maximum atomic E-state index is 14.8. The first-order valence-corrected chi connectivity index (χ1v) is 28.7. The fraction of sp³-hybridized carbons (Fsp3) is 0.492. The van der Waals surface area contributed by atoms with Crippen LogP contribution in [-0.2, 0) is 47.9 Å². The van der Waals surface area contributed by atoms with Crippen LogP contribution in [0.15, 0.2) is 60.7 Å². The summed E-state index contributed by atoms with van der Waals surface area (Å²) >= 11 is 0. The van der Waals surface area contributed by atoms with Crippen molar-refractivity contribution >= 4 is 92.7 Å². The van der Waals surface area contributed by atoms with E-state index in [4.69, 9.17) is 0 Å². The van der Waals surface area contributed by atoms with Crippen LogP contribution >= 0.6 is 0 Å². The van der Waals surface area contributed by atoms with E-state index in [0.29, 0.717) is 47.5 Å². The highest BCUT2D eigenvalue weighted by Gasteiger charge is 2.42. The molecule has 3 saturated heterocycles. The third-order valence-corrected chi connectivity index (χ3v) is 16.1. The van der Waals surface area contributed by atoms with Gasteiger partial charge in [-0.3, -0.25) is 57.5 Å². The normalized spacial score (nSPS) is 22.8. The van der Waals surface area contributed by atoms with E-state index in [1.54, 1.807) is 62.4 Å². The summed E-state index contributed by atoms with van der Waals surface area (Å²) in [7, 11) is 5.24. The molecule has 0 aliphatic carbocycles. The van der Waals surface area contributed by atoms with Crippen molar-refractivity contribution in [3.63, 3.8) is 0 Å². The second kappa shape index (κ2) is 28.1. The van der Waals surface area contributed by atoms with Gasteiger partial charge in [0.2, 0.25) is 59.1 Å². The molecule has 12 amide bonds. The van der Waals surface area contributed by atoms with Crippen LogP contribution in [0.25, 0.3) is 21.8 Å². The van der Waals surface area contributed by atoms with E-state index >= 15 is 0 Å². The van der Waals surface area contributed by atoms with Gasteiger partial charge in [-0.1, -0.05) is 50.2 Å². The number of nitrogens with one attached hydrogen (secondary N) is 6. The van der Waals surface area contributed by atoms with Gasteiger partial charge in [-0.15, -0.1) is 0 Å². The average Bonchev–Trinajstić information content (AvgIpc) is 2.69. The fourth-order valence-corrected chi connectivity index (χ4v) is 10.6. The molecule has 7 rings (SSSR count). The predicted molar refractivity (Wildman–Crippen MR) is 314 cm³/mol. The Bertz CT molecular complexity index is 3350. The molecule has 0 saturated carbocycles. The minimum absolute atomic E-state index is 0.00657. The zero-order valence-electron chi connectivity index (χ0n) is 50.0. The molecule has 2 aromatic heterocycles. The molecule has 2 aromatic carbocycles. The number of pyridine rings is 2. The Kier molecular flexibility index (Phi) is 21.0. The lowest BCUT2D eigenvalue weighted by Gasteiger charge is -2.38. The van der Waals surface area contributed by atoms with Crippen LogP contribution in [0.5, 0.6) is 11.5 Å². The molecular weight excluding hydrogens is 1130 g/mol. The van der Waals surface area contributed by atoms with E-state index in [1.165, 1.54) is 64.0 Å². The van der Waals surface area contributed by atoms with Gasteiger partial charge < -0.3 is 71.5 Å². The molecule has 28 heteroatoms. The number of amides is 12. The van der Waals surface area contributed by atoms with Crippen LogP contribution in [0.1, 0.15) is 87.2 Å². The standard InChI is InChI=1S/C59H76N14O14/c1-33(2)50-55(84)60-27-38(66-53(82)48-42(74)25-34-17-9-11-19-36(34)64-48)56(85)72-23-15-13-21-40(72)51(80)62-30-45(77)69(6)32-47(79)71(8)59(3,4)58(87)63-28-39(67-54(83)49-43(75)26-35-18-10-12-20-37(35)65-49)57(86)73-24-16-14-22-41(73)52(81)61-29-44(76)68(5)31-46(78)70(50)7/h9-12,17-20,25-26,33,38-41,50,74-75H,13-16,21-24,27-32H2,1-8H3,(H,60,84)(H,61,81)(H,62,80)(H,63,87)(H,66,82)(H,67,83)/t38-,39-,40+,41+,50+/m1/s1. The number of benzene rings is 2. The molecule has 3 aliphatic heterocycles. The third kappa shape index (κ3) is 15.3. The van der Waals surface area contributed by atoms with Gasteiger partial charge >= 0.3 is 0 Å². The Hall–Kier alpha value is -9.50. The lowest BCUT2D eigenvalue weighted by atomic mass is 9.99. The molecule has 4 aromatic rings. The number of para-hydroxylation sites is 2. The lowest BCUT2D eigenvalue weighted by molar-refractivity contribution is -0.147. The first-order chi connectivity index (χ1) is 41.2. The van der Waals surface area contributed by atoms with Crippen LogP contribution in [0, 0.1) is 5.92 Å². The van der Waals surface area contributed by atoms with Crippen molar-refractivity contribution in [3.8, 4) is 11.5 Å². The fourth-order valence-electron chi connectivity index (χ4n) is 10.6. The summed E-state index contributed by atoms with van der Waals surface area (Å²) in [4.78, 5) is 184. The first-order valence-electron chi connectivity index (χ1n) is 28.7. The van der Waals surface area contributed by atoms with E-state index in [2.05, 4.69) is 41.9 Å². The molecule has 0 radical (unpaired) electrons. The van der Waals surface area contributed by atoms with Crippen molar-refractivity contribution in [1.29, 1.82) is 0 Å². The van der Waals surface area contributed by atoms with Crippen molar-refractivity contribution in [3.05, 3.63) is 72.1 Å². The van der Waals surface area contributed by atoms with Gasteiger partial charge in [0, 0.05) is 65.1 Å². The van der Waals surface area contributed by atoms with Crippen molar-refractivity contribution < 1.29 is 67.7 Å². The average molecular weight is 1210 g/mol. The Morgan fingerprint density at radius 2 is 1.00 bits per heavy atom. The Morgan fingerprint density at radius 1 is 0.575 bits per heavy atom. The summed E-state index contributed by atoms with van der Waals surface area (Å²) in [6, 6.07) is 9.12. The monoisotopic (exact) mass is 1200 g/mol. The molecule has 5 heterocycles. The highest BCUT2D eigenvalue weighted by molar-refractivity contribution is 6.03. The van der Waals surface area contributed by atoms with E-state index in [1.807, 2.05) is 0 Å². The van der Waals surface area contributed by atoms with Crippen molar-refractivity contribution in [2.24, 2.45) is 5.92 Å². The van der Waals surface area contributed by atoms with Crippen LogP contribution in [0.4, 0.5) is 0 Å². The van der Waals surface area contributed by atoms with Gasteiger partial charge in [-0.2, -0.15) is 0 Å². The van der Waals surface area contributed by atoms with E-state index in [-0.39, 0.29) is 25.9 Å². The minimum atomic E-state index is -1.70. The predicted octanol–water partition coefficient (Wildman–Crippen LogP) is -1.03. The molecule has 87 heavy (non-hydrogen) atoms. The molecule has 0 spiro atoms. The van der Waals surface area contributed by atoms with Gasteiger partial charge in [-0.25, -0.2) is 9.97 Å². The number of piperidine rings is 2. The van der Waals surface area contributed by atoms with Gasteiger partial charge in [0.15, 0.2) is 11.4 Å². The summed E-state index contributed by atoms with van der Waals surface area (Å²) in [6.07, 6.45) is 2.06. The molecule has 466 valence electrons. The van der Waals surface area contributed by atoms with Crippen molar-refractivity contribution in [2.45, 2.75) is 102 Å². The molecule has 3 fully saturated rings. The van der Waals surface area contributed by atoms with Gasteiger partial charge in [0.05, 0.1) is 37.2 Å². The molecule has 8 N–H and O–H groups in total. The Labute approximate surface area is 502 Å². The lowest BCUT2D eigenvalue weighted by Crippen LogP contribution is -2.62. The molecule has 28 nitrogen and oxygen atoms in total. The number of fused-ring (bicyclic) bond motifs is 4. The third-order valence-electron chi connectivity index (χ3n) is 16.1. The zero-order valence-corrected chi connectivity index (χ0v) is 50.0. The second-order valence-electron chi connectivity index (χ2n) is 22.8. The first kappa shape index (κ1) is 65.1. The van der Waals surface area contributed by atoms with Crippen LogP contribution in [0.3, 0.4) is 0 Å². The Morgan fingerprint density at radius 3 is 1.45 bits per heavy atom. The Balaban J connectivity index is 1.16. The highest BCUT2D eigenvalue weighted by Crippen LogP contribution is 2.26. The van der Waals surface area contributed by atoms with Crippen LogP contribution in [0.2, 0.25) is 0 Å². The second-order valence-corrected chi connectivity index (χ2v) is 22.8. The molecule has 0 bridgehead atoms. The molecule has 5 atom stereocenters. The van der Waals surface area contributed by atoms with Crippen LogP contribution in [-0.4, -0.2) is 237 Å². The summed E-state index contributed by atoms with van der Waals surface area (Å²) in [5, 5.41) is 38.5. The summed E-state index contributed by atoms with van der Waals surface area (Å²) in [5.41, 5.74) is -1.89. The molecule has 3 aliphatic rings. The van der Waals surface area contributed by atoms with Crippen molar-refractivity contribution in [1.82, 2.24) is 71.3 Å². The number of rotatable bonds is 5. The number of hydrogen-bond donors (Lipinski definition) is 8. The molecule has 0 unspecified atom stereocenters. The topological polar surface area (TPSA) is 363 Å². The van der Waals surface area contributed by atoms with Gasteiger partial charge in [0.1, 0.15) is 47.2 Å². The number of hydrogen-bond acceptors (Lipinski definition) is 16. The number of nitrogens with zero attached hydrogens (tertiary/aromatic N) is 8. The number of carbonyl (C=O) groups excluding carboxylic acids is 12. The number of aromatic nitrogens is 2. The zero-order chi connectivity index (χ0) is 63.6. The smallest absolute Gasteiger partial charge is 0.274 e. The largest absolute Gasteiger partial charge is 0.505 e. The summed E-state index contributed by atoms with van der Waals surface area (Å²) in [6.45, 7) is 2.46. The minimum Gasteiger partial charge on any atom is -0.505 e. The van der Waals surface area contributed by atoms with Crippen LogP contribution < -0.4 is 31.9 Å². The maximum absolute atomic E-state index is 14.8. The van der Waals surface area contributed by atoms with Crippen molar-refractivity contribution in [2.75, 3.05) is 80.5 Å². The van der Waals surface area contributed by atoms with E-state index in [9.17, 15) is 67.7 Å². The highest BCUT2D eigenvalue weighted by atomic mass is 16.3. The maximum Gasteiger partial charge on any atom is 0.274 e. The molecular formula is C59H76N14O14. The van der Waals surface area contributed by atoms with Gasteiger partial charge in [-0.05, 0) is 82.6 Å². The summed E-state index contributed by atoms with van der Waals surface area (Å²) < 4.78 is 0. The van der Waals surface area contributed by atoms with Gasteiger partial charge in [0.25, 0.3) is 11.8 Å². The quantitative estimate of drug-likeness (QED) is 0.118. The van der Waals surface area contributed by atoms with E-state index in [0.717, 1.165) is 19.6 Å². The number of aromatic hydroxyl groups is 2. The van der Waals surface area contributed by atoms with E-state index < -0.39 is 175 Å². The SMILES string of the molecule is CC(C)[C@H]1C(=O)NC[C@@H](NC(=O)c2nc3ccccc3cc2O)C(=O)N2CCCC[C@H]2C(=O)NCC(=O)N(C)CC(=O)N(C)C(C)(C)C(=O)NC[C@@H](NC(=O)c2nc3ccccc3cc2O)C(=O)N2CCCC[C@H]2C(=O)NCC(=O)N(C)CC(=O)N1C. The summed E-state index contributed by atoms with van der Waals surface area (Å²) in [5.74, 6) is -11.3. The number of carbonyl (C=O) groups is 12.